The first-order valence-corrected chi connectivity index (χ1v) is 4.51. The number of hydrogen-bond acceptors (Lipinski definition) is 2. The van der Waals surface area contributed by atoms with Crippen molar-refractivity contribution in [1.82, 2.24) is 0 Å². The van der Waals surface area contributed by atoms with E-state index < -0.39 is 6.67 Å². The molecule has 0 aromatic heterocycles. The summed E-state index contributed by atoms with van der Waals surface area (Å²) in [5.74, 6) is 0.609. The predicted octanol–water partition coefficient (Wildman–Crippen LogP) is 2.63. The third kappa shape index (κ3) is 2.83. The summed E-state index contributed by atoms with van der Waals surface area (Å²) >= 11 is 0. The first-order valence-electron chi connectivity index (χ1n) is 4.51. The molecule has 1 rings (SSSR count). The van der Waals surface area contributed by atoms with Gasteiger partial charge in [0.25, 0.3) is 0 Å². The Balaban J connectivity index is 2.69. The number of hydrogen-bond donors (Lipinski definition) is 0. The molecule has 2 nitrogen and oxygen atoms in total. The van der Waals surface area contributed by atoms with Crippen LogP contribution in [-0.2, 0) is 0 Å². The molecule has 3 heteroatoms. The van der Waals surface area contributed by atoms with Gasteiger partial charge in [0, 0.05) is 12.0 Å². The Hall–Kier alpha value is -1.38. The fourth-order valence-corrected chi connectivity index (χ4v) is 1.17. The van der Waals surface area contributed by atoms with Crippen LogP contribution in [-0.4, -0.2) is 19.6 Å². The number of benzene rings is 1. The van der Waals surface area contributed by atoms with Crippen molar-refractivity contribution in [3.05, 3.63) is 29.8 Å². The van der Waals surface area contributed by atoms with Crippen molar-refractivity contribution < 1.29 is 13.9 Å². The van der Waals surface area contributed by atoms with Gasteiger partial charge in [0.15, 0.2) is 5.78 Å². The van der Waals surface area contributed by atoms with Crippen LogP contribution in [0.5, 0.6) is 5.75 Å². The molecule has 0 saturated carbocycles. The second kappa shape index (κ2) is 5.37. The minimum absolute atomic E-state index is 0.0402. The van der Waals surface area contributed by atoms with Crippen LogP contribution in [0.1, 0.15) is 23.2 Å². The molecule has 0 fully saturated rings. The van der Waals surface area contributed by atoms with E-state index in [0.717, 1.165) is 0 Å². The van der Waals surface area contributed by atoms with Crippen LogP contribution in [0.2, 0.25) is 0 Å². The minimum Gasteiger partial charge on any atom is -0.497 e. The number of carbonyl (C=O) groups excluding carboxylic acids is 1. The number of methoxy groups -OCH3 is 1. The zero-order chi connectivity index (χ0) is 10.4. The molecular formula is C11H13FO2. The highest BCUT2D eigenvalue weighted by Gasteiger charge is 2.05. The van der Waals surface area contributed by atoms with Crippen molar-refractivity contribution in [1.29, 1.82) is 0 Å². The molecule has 1 aromatic carbocycles. The summed E-state index contributed by atoms with van der Waals surface area (Å²) in [6.07, 6.45) is 0.541. The van der Waals surface area contributed by atoms with Crippen LogP contribution in [0.3, 0.4) is 0 Å². The maximum atomic E-state index is 11.8. The predicted molar refractivity (Wildman–Crippen MR) is 52.5 cm³/mol. The van der Waals surface area contributed by atoms with E-state index in [0.29, 0.717) is 11.3 Å². The Morgan fingerprint density at radius 1 is 1.50 bits per heavy atom. The van der Waals surface area contributed by atoms with E-state index in [4.69, 9.17) is 4.74 Å². The Morgan fingerprint density at radius 3 is 2.93 bits per heavy atom. The molecule has 0 N–H and O–H groups in total. The van der Waals surface area contributed by atoms with E-state index >= 15 is 0 Å². The number of halogens is 1. The molecule has 0 aliphatic heterocycles. The van der Waals surface area contributed by atoms with E-state index in [1.54, 1.807) is 31.4 Å². The molecule has 14 heavy (non-hydrogen) atoms. The monoisotopic (exact) mass is 196 g/mol. The minimum atomic E-state index is -0.449. The number of rotatable bonds is 5. The van der Waals surface area contributed by atoms with E-state index in [9.17, 15) is 9.18 Å². The molecule has 0 atom stereocenters. The zero-order valence-corrected chi connectivity index (χ0v) is 8.13. The van der Waals surface area contributed by atoms with Gasteiger partial charge >= 0.3 is 0 Å². The molecule has 0 heterocycles. The normalized spacial score (nSPS) is 9.86. The third-order valence-corrected chi connectivity index (χ3v) is 1.93. The molecule has 0 saturated heterocycles. The maximum absolute atomic E-state index is 11.8. The molecule has 0 aliphatic carbocycles. The highest BCUT2D eigenvalue weighted by molar-refractivity contribution is 5.96. The largest absolute Gasteiger partial charge is 0.497 e. The molecular weight excluding hydrogens is 183 g/mol. The molecule has 76 valence electrons. The van der Waals surface area contributed by atoms with Crippen LogP contribution >= 0.6 is 0 Å². The summed E-state index contributed by atoms with van der Waals surface area (Å²) < 4.78 is 16.8. The number of Topliss-reactive ketones (excluding diaryl/α,β-unsaturated/α-hetero) is 1. The lowest BCUT2D eigenvalue weighted by atomic mass is 10.1. The molecule has 1 aromatic rings. The highest BCUT2D eigenvalue weighted by atomic mass is 19.1. The van der Waals surface area contributed by atoms with Gasteiger partial charge in [-0.3, -0.25) is 9.18 Å². The van der Waals surface area contributed by atoms with Gasteiger partial charge in [-0.05, 0) is 18.6 Å². The Kier molecular flexibility index (Phi) is 4.11. The van der Waals surface area contributed by atoms with E-state index in [1.165, 1.54) is 0 Å². The van der Waals surface area contributed by atoms with Crippen LogP contribution in [0, 0.1) is 0 Å². The number of carbonyl (C=O) groups is 1. The molecule has 0 aliphatic rings. The van der Waals surface area contributed by atoms with E-state index in [-0.39, 0.29) is 18.6 Å². The molecule has 0 bridgehead atoms. The first-order chi connectivity index (χ1) is 6.77. The summed E-state index contributed by atoms with van der Waals surface area (Å²) in [5.41, 5.74) is 0.581. The number of alkyl halides is 1. The standard InChI is InChI=1S/C11H13FO2/c1-14-10-5-2-4-9(8-10)11(13)6-3-7-12/h2,4-5,8H,3,6-7H2,1H3. The molecule has 0 radical (unpaired) electrons. The number of ketones is 1. The summed E-state index contributed by atoms with van der Waals surface area (Å²) in [7, 11) is 1.55. The van der Waals surface area contributed by atoms with Crippen molar-refractivity contribution in [2.24, 2.45) is 0 Å². The lowest BCUT2D eigenvalue weighted by Crippen LogP contribution is -1.99. The van der Waals surface area contributed by atoms with Gasteiger partial charge in [-0.15, -0.1) is 0 Å². The highest BCUT2D eigenvalue weighted by Crippen LogP contribution is 2.14. The third-order valence-electron chi connectivity index (χ3n) is 1.93. The van der Waals surface area contributed by atoms with Crippen molar-refractivity contribution in [2.45, 2.75) is 12.8 Å². The van der Waals surface area contributed by atoms with Crippen LogP contribution in [0.15, 0.2) is 24.3 Å². The first kappa shape index (κ1) is 10.7. The van der Waals surface area contributed by atoms with Gasteiger partial charge in [-0.25, -0.2) is 0 Å². The average Bonchev–Trinajstić information content (AvgIpc) is 2.26. The Labute approximate surface area is 82.7 Å². The second-order valence-corrected chi connectivity index (χ2v) is 2.95. The smallest absolute Gasteiger partial charge is 0.163 e. The zero-order valence-electron chi connectivity index (χ0n) is 8.13. The fraction of sp³-hybridized carbons (Fsp3) is 0.364. The van der Waals surface area contributed by atoms with E-state index in [2.05, 4.69) is 0 Å². The maximum Gasteiger partial charge on any atom is 0.163 e. The van der Waals surface area contributed by atoms with Crippen LogP contribution in [0.4, 0.5) is 4.39 Å². The van der Waals surface area contributed by atoms with Gasteiger partial charge in [-0.1, -0.05) is 12.1 Å². The summed E-state index contributed by atoms with van der Waals surface area (Å²) in [4.78, 5) is 11.4. The van der Waals surface area contributed by atoms with E-state index in [1.807, 2.05) is 0 Å². The molecule has 0 unspecified atom stereocenters. The average molecular weight is 196 g/mol. The van der Waals surface area contributed by atoms with Gasteiger partial charge in [0.05, 0.1) is 13.8 Å². The van der Waals surface area contributed by atoms with Crippen LogP contribution < -0.4 is 4.74 Å². The Morgan fingerprint density at radius 2 is 2.29 bits per heavy atom. The lowest BCUT2D eigenvalue weighted by Gasteiger charge is -2.02. The van der Waals surface area contributed by atoms with Gasteiger partial charge in [0.1, 0.15) is 5.75 Å². The van der Waals surface area contributed by atoms with Gasteiger partial charge in [-0.2, -0.15) is 0 Å². The summed E-state index contributed by atoms with van der Waals surface area (Å²) in [6, 6.07) is 6.90. The fourth-order valence-electron chi connectivity index (χ4n) is 1.17. The summed E-state index contributed by atoms with van der Waals surface area (Å²) in [5, 5.41) is 0. The SMILES string of the molecule is COc1cccc(C(=O)CCCF)c1. The van der Waals surface area contributed by atoms with Crippen molar-refractivity contribution in [3.8, 4) is 5.75 Å². The summed E-state index contributed by atoms with van der Waals surface area (Å²) in [6.45, 7) is -0.449. The number of ether oxygens (including phenoxy) is 1. The van der Waals surface area contributed by atoms with Gasteiger partial charge in [0.2, 0.25) is 0 Å². The van der Waals surface area contributed by atoms with Gasteiger partial charge < -0.3 is 4.74 Å². The van der Waals surface area contributed by atoms with Crippen molar-refractivity contribution in [3.63, 3.8) is 0 Å². The lowest BCUT2D eigenvalue weighted by molar-refractivity contribution is 0.0977. The topological polar surface area (TPSA) is 26.3 Å². The Bertz CT molecular complexity index is 310. The van der Waals surface area contributed by atoms with Crippen LogP contribution in [0.25, 0.3) is 0 Å². The quantitative estimate of drug-likeness (QED) is 0.677. The molecule has 0 spiro atoms. The molecule has 0 amide bonds. The van der Waals surface area contributed by atoms with Crippen molar-refractivity contribution in [2.75, 3.05) is 13.8 Å². The van der Waals surface area contributed by atoms with Crippen molar-refractivity contribution >= 4 is 5.78 Å². The second-order valence-electron chi connectivity index (χ2n) is 2.95.